The molecule has 1 aliphatic heterocycles. The molecule has 2 unspecified atom stereocenters. The summed E-state index contributed by atoms with van der Waals surface area (Å²) >= 11 is 3.77. The van der Waals surface area contributed by atoms with E-state index in [2.05, 4.69) is 30.4 Å². The van der Waals surface area contributed by atoms with Gasteiger partial charge in [0.1, 0.15) is 0 Å². The molecular formula is C10H20N2S2. The molecule has 2 nitrogen and oxygen atoms in total. The molecule has 14 heavy (non-hydrogen) atoms. The molecule has 1 aliphatic rings. The van der Waals surface area contributed by atoms with Gasteiger partial charge in [-0.25, -0.2) is 0 Å². The van der Waals surface area contributed by atoms with Crippen LogP contribution in [-0.2, 0) is 0 Å². The Kier molecular flexibility index (Phi) is 5.78. The number of aliphatic imine (C=N–C) groups is 1. The van der Waals surface area contributed by atoms with Crippen molar-refractivity contribution in [2.45, 2.75) is 38.8 Å². The van der Waals surface area contributed by atoms with Crippen LogP contribution in [0.3, 0.4) is 0 Å². The molecule has 1 N–H and O–H groups in total. The molecule has 0 aliphatic carbocycles. The van der Waals surface area contributed by atoms with Gasteiger partial charge in [0.2, 0.25) is 0 Å². The summed E-state index contributed by atoms with van der Waals surface area (Å²) in [5.74, 6) is 2.43. The molecule has 2 atom stereocenters. The standard InChI is InChI=1S/C10H20N2S2/c1-8(4-6-13-3)11-10-12-9(2)5-7-14-10/h8-9H,4-7H2,1-3H3,(H,11,12). The van der Waals surface area contributed by atoms with Crippen molar-refractivity contribution in [1.82, 2.24) is 5.32 Å². The molecule has 1 heterocycles. The van der Waals surface area contributed by atoms with E-state index < -0.39 is 0 Å². The molecule has 0 bridgehead atoms. The summed E-state index contributed by atoms with van der Waals surface area (Å²) in [5, 5.41) is 4.63. The van der Waals surface area contributed by atoms with Crippen LogP contribution in [0.25, 0.3) is 0 Å². The second kappa shape index (κ2) is 6.62. The van der Waals surface area contributed by atoms with Crippen molar-refractivity contribution in [1.29, 1.82) is 0 Å². The summed E-state index contributed by atoms with van der Waals surface area (Å²) in [6.07, 6.45) is 4.59. The van der Waals surface area contributed by atoms with Gasteiger partial charge in [-0.3, -0.25) is 4.99 Å². The van der Waals surface area contributed by atoms with Gasteiger partial charge in [-0.15, -0.1) is 0 Å². The zero-order valence-electron chi connectivity index (χ0n) is 9.25. The van der Waals surface area contributed by atoms with Crippen molar-refractivity contribution in [2.24, 2.45) is 4.99 Å². The van der Waals surface area contributed by atoms with Gasteiger partial charge in [-0.05, 0) is 38.7 Å². The zero-order valence-corrected chi connectivity index (χ0v) is 10.9. The van der Waals surface area contributed by atoms with Crippen molar-refractivity contribution < 1.29 is 0 Å². The van der Waals surface area contributed by atoms with Gasteiger partial charge in [0.25, 0.3) is 0 Å². The molecule has 0 radical (unpaired) electrons. The summed E-state index contributed by atoms with van der Waals surface area (Å²) in [6.45, 7) is 4.42. The molecule has 82 valence electrons. The Balaban J connectivity index is 2.28. The molecule has 0 amide bonds. The summed E-state index contributed by atoms with van der Waals surface area (Å²) in [4.78, 5) is 4.59. The minimum atomic E-state index is 0.506. The Hall–Kier alpha value is 0.170. The van der Waals surface area contributed by atoms with Crippen LogP contribution in [0.4, 0.5) is 0 Å². The number of thioether (sulfide) groups is 2. The molecule has 0 spiro atoms. The van der Waals surface area contributed by atoms with E-state index >= 15 is 0 Å². The van der Waals surface area contributed by atoms with Gasteiger partial charge >= 0.3 is 0 Å². The van der Waals surface area contributed by atoms with Gasteiger partial charge < -0.3 is 5.32 Å². The van der Waals surface area contributed by atoms with Gasteiger partial charge in [0.05, 0.1) is 6.04 Å². The van der Waals surface area contributed by atoms with E-state index in [4.69, 9.17) is 0 Å². The van der Waals surface area contributed by atoms with Crippen LogP contribution in [0.1, 0.15) is 26.7 Å². The molecule has 0 aromatic carbocycles. The second-order valence-corrected chi connectivity index (χ2v) is 5.82. The highest BCUT2D eigenvalue weighted by molar-refractivity contribution is 8.13. The Labute approximate surface area is 95.7 Å². The van der Waals surface area contributed by atoms with E-state index in [1.807, 2.05) is 23.5 Å². The topological polar surface area (TPSA) is 24.4 Å². The van der Waals surface area contributed by atoms with Crippen LogP contribution in [0.15, 0.2) is 4.99 Å². The normalized spacial score (nSPS) is 24.2. The quantitative estimate of drug-likeness (QED) is 0.806. The van der Waals surface area contributed by atoms with Crippen LogP contribution < -0.4 is 5.32 Å². The van der Waals surface area contributed by atoms with Gasteiger partial charge in [-0.1, -0.05) is 11.8 Å². The van der Waals surface area contributed by atoms with E-state index in [0.29, 0.717) is 12.1 Å². The predicted molar refractivity (Wildman–Crippen MR) is 69.6 cm³/mol. The smallest absolute Gasteiger partial charge is 0.157 e. The van der Waals surface area contributed by atoms with Crippen LogP contribution in [0, 0.1) is 0 Å². The van der Waals surface area contributed by atoms with E-state index in [9.17, 15) is 0 Å². The first-order valence-electron chi connectivity index (χ1n) is 5.18. The first-order valence-corrected chi connectivity index (χ1v) is 7.56. The number of amidine groups is 1. The fraction of sp³-hybridized carbons (Fsp3) is 0.900. The summed E-state index contributed by atoms with van der Waals surface area (Å²) in [5.41, 5.74) is 0. The van der Waals surface area contributed by atoms with Gasteiger partial charge in [0.15, 0.2) is 5.17 Å². The lowest BCUT2D eigenvalue weighted by atomic mass is 10.2. The van der Waals surface area contributed by atoms with Crippen LogP contribution >= 0.6 is 23.5 Å². The van der Waals surface area contributed by atoms with Crippen molar-refractivity contribution in [3.05, 3.63) is 0 Å². The van der Waals surface area contributed by atoms with Gasteiger partial charge in [0, 0.05) is 11.8 Å². The highest BCUT2D eigenvalue weighted by Crippen LogP contribution is 2.16. The minimum Gasteiger partial charge on any atom is -0.362 e. The van der Waals surface area contributed by atoms with Crippen LogP contribution in [0.5, 0.6) is 0 Å². The number of hydrogen-bond acceptors (Lipinski definition) is 4. The fourth-order valence-electron chi connectivity index (χ4n) is 1.28. The van der Waals surface area contributed by atoms with E-state index in [-0.39, 0.29) is 0 Å². The lowest BCUT2D eigenvalue weighted by molar-refractivity contribution is 0.639. The first kappa shape index (κ1) is 12.2. The SMILES string of the molecule is CSCCC(C)NC1=NC(C)CCS1. The number of hydrogen-bond donors (Lipinski definition) is 1. The molecule has 0 saturated carbocycles. The van der Waals surface area contributed by atoms with E-state index in [1.165, 1.54) is 24.3 Å². The Morgan fingerprint density at radius 2 is 2.50 bits per heavy atom. The van der Waals surface area contributed by atoms with Crippen molar-refractivity contribution >= 4 is 28.7 Å². The maximum absolute atomic E-state index is 4.59. The third kappa shape index (κ3) is 4.60. The molecule has 0 saturated heterocycles. The predicted octanol–water partition coefficient (Wildman–Crippen LogP) is 2.60. The molecule has 0 aromatic rings. The lowest BCUT2D eigenvalue weighted by Gasteiger charge is -2.21. The third-order valence-corrected chi connectivity index (χ3v) is 3.82. The summed E-state index contributed by atoms with van der Waals surface area (Å²) in [7, 11) is 0. The lowest BCUT2D eigenvalue weighted by Crippen LogP contribution is -2.33. The third-order valence-electron chi connectivity index (χ3n) is 2.24. The van der Waals surface area contributed by atoms with Crippen molar-refractivity contribution in [3.63, 3.8) is 0 Å². The number of rotatable bonds is 4. The largest absolute Gasteiger partial charge is 0.362 e. The average molecular weight is 232 g/mol. The Morgan fingerprint density at radius 3 is 3.14 bits per heavy atom. The monoisotopic (exact) mass is 232 g/mol. The maximum atomic E-state index is 4.59. The van der Waals surface area contributed by atoms with Crippen molar-refractivity contribution in [3.8, 4) is 0 Å². The minimum absolute atomic E-state index is 0.506. The maximum Gasteiger partial charge on any atom is 0.157 e. The molecule has 0 aromatic heterocycles. The summed E-state index contributed by atoms with van der Waals surface area (Å²) in [6, 6.07) is 1.06. The van der Waals surface area contributed by atoms with Crippen LogP contribution in [-0.4, -0.2) is 35.0 Å². The average Bonchev–Trinajstić information content (AvgIpc) is 2.15. The molecular weight excluding hydrogens is 212 g/mol. The van der Waals surface area contributed by atoms with Crippen LogP contribution in [0.2, 0.25) is 0 Å². The Bertz CT molecular complexity index is 195. The molecule has 4 heteroatoms. The van der Waals surface area contributed by atoms with E-state index in [0.717, 1.165) is 5.17 Å². The number of nitrogens with zero attached hydrogens (tertiary/aromatic N) is 1. The first-order chi connectivity index (χ1) is 6.72. The zero-order chi connectivity index (χ0) is 10.4. The molecule has 0 fully saturated rings. The van der Waals surface area contributed by atoms with E-state index in [1.54, 1.807) is 0 Å². The van der Waals surface area contributed by atoms with Crippen molar-refractivity contribution in [2.75, 3.05) is 17.8 Å². The Morgan fingerprint density at radius 1 is 1.71 bits per heavy atom. The van der Waals surface area contributed by atoms with Gasteiger partial charge in [-0.2, -0.15) is 11.8 Å². The fourth-order valence-corrected chi connectivity index (χ4v) is 3.07. The highest BCUT2D eigenvalue weighted by Gasteiger charge is 2.12. The summed E-state index contributed by atoms with van der Waals surface area (Å²) < 4.78 is 0. The molecule has 1 rings (SSSR count). The second-order valence-electron chi connectivity index (χ2n) is 3.75. The number of nitrogens with one attached hydrogen (secondary N) is 1. The highest BCUT2D eigenvalue weighted by atomic mass is 32.2.